The molecule has 0 saturated heterocycles. The number of benzene rings is 2. The van der Waals surface area contributed by atoms with Crippen LogP contribution in [0.25, 0.3) is 10.9 Å². The zero-order valence-corrected chi connectivity index (χ0v) is 14.7. The van der Waals surface area contributed by atoms with E-state index in [2.05, 4.69) is 0 Å². The molecule has 0 radical (unpaired) electrons. The van der Waals surface area contributed by atoms with Crippen LogP contribution < -0.4 is 0 Å². The van der Waals surface area contributed by atoms with E-state index in [0.717, 1.165) is 22.8 Å². The third kappa shape index (κ3) is 3.63. The molecule has 0 aliphatic heterocycles. The maximum Gasteiger partial charge on any atom is 0.419 e. The summed E-state index contributed by atoms with van der Waals surface area (Å²) in [5.74, 6) is 0. The van der Waals surface area contributed by atoms with Gasteiger partial charge in [0.25, 0.3) is 0 Å². The Morgan fingerprint density at radius 2 is 1.80 bits per heavy atom. The van der Waals surface area contributed by atoms with Crippen LogP contribution in [0.3, 0.4) is 0 Å². The van der Waals surface area contributed by atoms with Gasteiger partial charge in [-0.3, -0.25) is 9.36 Å². The molecule has 0 bridgehead atoms. The van der Waals surface area contributed by atoms with E-state index >= 15 is 0 Å². The van der Waals surface area contributed by atoms with E-state index in [9.17, 15) is 9.59 Å². The minimum atomic E-state index is -0.588. The first kappa shape index (κ1) is 17.0. The van der Waals surface area contributed by atoms with Crippen LogP contribution in [0.1, 0.15) is 42.3 Å². The van der Waals surface area contributed by atoms with Gasteiger partial charge in [0.15, 0.2) is 6.29 Å². The molecule has 0 aliphatic carbocycles. The summed E-state index contributed by atoms with van der Waals surface area (Å²) < 4.78 is 7.00. The predicted molar refractivity (Wildman–Crippen MR) is 98.2 cm³/mol. The zero-order chi connectivity index (χ0) is 18.0. The van der Waals surface area contributed by atoms with E-state index < -0.39 is 11.7 Å². The molecule has 0 saturated carbocycles. The monoisotopic (exact) mass is 335 g/mol. The van der Waals surface area contributed by atoms with Crippen molar-refractivity contribution >= 4 is 23.3 Å². The molecule has 3 aromatic rings. The highest BCUT2D eigenvalue weighted by Crippen LogP contribution is 2.27. The molecule has 0 N–H and O–H groups in total. The van der Waals surface area contributed by atoms with Crippen LogP contribution in [0.15, 0.2) is 54.7 Å². The molecule has 0 spiro atoms. The van der Waals surface area contributed by atoms with Gasteiger partial charge in [0, 0.05) is 17.1 Å². The van der Waals surface area contributed by atoms with Crippen molar-refractivity contribution in [3.05, 3.63) is 71.4 Å². The summed E-state index contributed by atoms with van der Waals surface area (Å²) >= 11 is 0. The van der Waals surface area contributed by atoms with Crippen LogP contribution in [0.2, 0.25) is 0 Å². The molecule has 2 aromatic carbocycles. The van der Waals surface area contributed by atoms with Gasteiger partial charge in [-0.2, -0.15) is 0 Å². The second kappa shape index (κ2) is 6.55. The van der Waals surface area contributed by atoms with E-state index in [4.69, 9.17) is 4.74 Å². The lowest BCUT2D eigenvalue weighted by atomic mass is 10.0. The standard InChI is InChI=1S/C21H21NO3/c1-21(2,3)25-20(24)22-13-17(12-15-8-5-4-6-9-15)19-16(14-23)10-7-11-18(19)22/h4-11,13-14H,12H2,1-3H3. The summed E-state index contributed by atoms with van der Waals surface area (Å²) in [5, 5.41) is 0.798. The fourth-order valence-corrected chi connectivity index (χ4v) is 2.91. The number of carbonyl (C=O) groups excluding carboxylic acids is 2. The molecular formula is C21H21NO3. The van der Waals surface area contributed by atoms with E-state index in [1.54, 1.807) is 18.3 Å². The Morgan fingerprint density at radius 3 is 2.44 bits per heavy atom. The molecule has 0 atom stereocenters. The van der Waals surface area contributed by atoms with Crippen molar-refractivity contribution in [2.24, 2.45) is 0 Å². The van der Waals surface area contributed by atoms with Gasteiger partial charge in [0.1, 0.15) is 5.60 Å². The van der Waals surface area contributed by atoms with Gasteiger partial charge in [0.2, 0.25) is 0 Å². The van der Waals surface area contributed by atoms with Gasteiger partial charge in [-0.15, -0.1) is 0 Å². The van der Waals surface area contributed by atoms with Gasteiger partial charge < -0.3 is 4.74 Å². The molecule has 0 amide bonds. The topological polar surface area (TPSA) is 48.3 Å². The minimum Gasteiger partial charge on any atom is -0.443 e. The number of hydrogen-bond acceptors (Lipinski definition) is 3. The van der Waals surface area contributed by atoms with Crippen molar-refractivity contribution in [3.63, 3.8) is 0 Å². The first-order chi connectivity index (χ1) is 11.9. The molecule has 0 unspecified atom stereocenters. The number of ether oxygens (including phenoxy) is 1. The molecule has 25 heavy (non-hydrogen) atoms. The number of aldehydes is 1. The Morgan fingerprint density at radius 1 is 1.08 bits per heavy atom. The van der Waals surface area contributed by atoms with Gasteiger partial charge in [-0.25, -0.2) is 4.79 Å². The van der Waals surface area contributed by atoms with E-state index in [-0.39, 0.29) is 0 Å². The molecule has 128 valence electrons. The lowest BCUT2D eigenvalue weighted by molar-refractivity contribution is 0.0544. The summed E-state index contributed by atoms with van der Waals surface area (Å²) in [7, 11) is 0. The Balaban J connectivity index is 2.13. The average molecular weight is 335 g/mol. The van der Waals surface area contributed by atoms with Gasteiger partial charge in [0.05, 0.1) is 5.52 Å². The molecular weight excluding hydrogens is 314 g/mol. The lowest BCUT2D eigenvalue weighted by Gasteiger charge is -2.19. The molecule has 1 aromatic heterocycles. The van der Waals surface area contributed by atoms with Crippen LogP contribution >= 0.6 is 0 Å². The SMILES string of the molecule is CC(C)(C)OC(=O)n1cc(Cc2ccccc2)c2c(C=O)cccc21. The predicted octanol–water partition coefficient (Wildman–Crippen LogP) is 4.83. The highest BCUT2D eigenvalue weighted by Gasteiger charge is 2.21. The van der Waals surface area contributed by atoms with Crippen molar-refractivity contribution in [1.29, 1.82) is 0 Å². The van der Waals surface area contributed by atoms with E-state index in [1.165, 1.54) is 4.57 Å². The van der Waals surface area contributed by atoms with Crippen LogP contribution in [-0.4, -0.2) is 22.5 Å². The summed E-state index contributed by atoms with van der Waals surface area (Å²) in [6.07, 6.45) is 2.80. The Kier molecular flexibility index (Phi) is 4.45. The highest BCUT2D eigenvalue weighted by molar-refractivity contribution is 6.02. The highest BCUT2D eigenvalue weighted by atomic mass is 16.6. The second-order valence-electron chi connectivity index (χ2n) is 7.03. The molecule has 1 heterocycles. The van der Waals surface area contributed by atoms with Crippen molar-refractivity contribution in [1.82, 2.24) is 4.57 Å². The average Bonchev–Trinajstić information content (AvgIpc) is 2.93. The molecule has 3 rings (SSSR count). The Labute approximate surface area is 147 Å². The zero-order valence-electron chi connectivity index (χ0n) is 14.7. The third-order valence-corrected chi connectivity index (χ3v) is 3.89. The van der Waals surface area contributed by atoms with Crippen molar-refractivity contribution in [3.8, 4) is 0 Å². The van der Waals surface area contributed by atoms with Crippen molar-refractivity contribution in [2.45, 2.75) is 32.8 Å². The van der Waals surface area contributed by atoms with E-state index in [0.29, 0.717) is 17.5 Å². The fraction of sp³-hybridized carbons (Fsp3) is 0.238. The number of fused-ring (bicyclic) bond motifs is 1. The smallest absolute Gasteiger partial charge is 0.419 e. The normalized spacial score (nSPS) is 11.5. The van der Waals surface area contributed by atoms with Gasteiger partial charge in [-0.1, -0.05) is 42.5 Å². The summed E-state index contributed by atoms with van der Waals surface area (Å²) in [4.78, 5) is 24.1. The van der Waals surface area contributed by atoms with Crippen LogP contribution in [-0.2, 0) is 11.2 Å². The third-order valence-electron chi connectivity index (χ3n) is 3.89. The molecule has 4 heteroatoms. The summed E-state index contributed by atoms with van der Waals surface area (Å²) in [6, 6.07) is 15.3. The minimum absolute atomic E-state index is 0.445. The number of aromatic nitrogens is 1. The first-order valence-corrected chi connectivity index (χ1v) is 8.24. The maximum atomic E-state index is 12.6. The Bertz CT molecular complexity index is 917. The molecule has 0 aliphatic rings. The summed E-state index contributed by atoms with van der Waals surface area (Å²) in [6.45, 7) is 5.50. The van der Waals surface area contributed by atoms with Crippen molar-refractivity contribution < 1.29 is 14.3 Å². The molecule has 4 nitrogen and oxygen atoms in total. The second-order valence-corrected chi connectivity index (χ2v) is 7.03. The lowest BCUT2D eigenvalue weighted by Crippen LogP contribution is -2.26. The fourth-order valence-electron chi connectivity index (χ4n) is 2.91. The van der Waals surface area contributed by atoms with Crippen LogP contribution in [0.4, 0.5) is 4.79 Å². The number of carbonyl (C=O) groups is 2. The Hall–Kier alpha value is -2.88. The molecule has 0 fully saturated rings. The first-order valence-electron chi connectivity index (χ1n) is 8.24. The maximum absolute atomic E-state index is 12.6. The van der Waals surface area contributed by atoms with E-state index in [1.807, 2.05) is 57.2 Å². The summed E-state index contributed by atoms with van der Waals surface area (Å²) in [5.41, 5.74) is 2.71. The quantitative estimate of drug-likeness (QED) is 0.644. The van der Waals surface area contributed by atoms with Crippen LogP contribution in [0.5, 0.6) is 0 Å². The van der Waals surface area contributed by atoms with Crippen molar-refractivity contribution in [2.75, 3.05) is 0 Å². The largest absolute Gasteiger partial charge is 0.443 e. The number of nitrogens with zero attached hydrogens (tertiary/aromatic N) is 1. The van der Waals surface area contributed by atoms with Gasteiger partial charge >= 0.3 is 6.09 Å². The van der Waals surface area contributed by atoms with Crippen LogP contribution in [0, 0.1) is 0 Å². The number of hydrogen-bond donors (Lipinski definition) is 0. The number of rotatable bonds is 3. The van der Waals surface area contributed by atoms with Gasteiger partial charge in [-0.05, 0) is 44.4 Å².